The smallest absolute Gasteiger partial charge is 0.206 e. The van der Waals surface area contributed by atoms with Crippen molar-refractivity contribution in [3.8, 4) is 28.7 Å². The first kappa shape index (κ1) is 25.5. The first-order chi connectivity index (χ1) is 19.4. The van der Waals surface area contributed by atoms with Gasteiger partial charge in [0.15, 0.2) is 0 Å². The summed E-state index contributed by atoms with van der Waals surface area (Å²) in [5, 5.41) is 4.16. The lowest BCUT2D eigenvalue weighted by atomic mass is 10.1. The molecule has 0 bridgehead atoms. The number of methoxy groups -OCH3 is 1. The minimum absolute atomic E-state index is 0.223. The Kier molecular flexibility index (Phi) is 6.62. The lowest BCUT2D eigenvalue weighted by Crippen LogP contribution is -2.01. The zero-order chi connectivity index (χ0) is 27.7. The van der Waals surface area contributed by atoms with Gasteiger partial charge in [0.2, 0.25) is 9.84 Å². The summed E-state index contributed by atoms with van der Waals surface area (Å²) in [6.45, 7) is 1.92. The molecular weight excluding hydrogens is 520 g/mol. The average Bonchev–Trinajstić information content (AvgIpc) is 2.97. The molecule has 198 valence electrons. The minimum atomic E-state index is -3.59. The van der Waals surface area contributed by atoms with Gasteiger partial charge in [-0.25, -0.2) is 8.42 Å². The van der Waals surface area contributed by atoms with Gasteiger partial charge in [0.25, 0.3) is 0 Å². The van der Waals surface area contributed by atoms with Crippen molar-refractivity contribution in [3.63, 3.8) is 0 Å². The predicted molar refractivity (Wildman–Crippen MR) is 158 cm³/mol. The number of fused-ring (bicyclic) bond motifs is 2. The van der Waals surface area contributed by atoms with Crippen LogP contribution in [0.2, 0.25) is 0 Å². The van der Waals surface area contributed by atoms with Crippen molar-refractivity contribution >= 4 is 31.4 Å². The van der Waals surface area contributed by atoms with E-state index in [1.807, 2.05) is 79.7 Å². The van der Waals surface area contributed by atoms with Gasteiger partial charge in [0.1, 0.15) is 28.7 Å². The Labute approximate surface area is 233 Å². The van der Waals surface area contributed by atoms with E-state index >= 15 is 0 Å². The van der Waals surface area contributed by atoms with Gasteiger partial charge in [-0.15, -0.1) is 0 Å². The van der Waals surface area contributed by atoms with Gasteiger partial charge in [-0.1, -0.05) is 42.0 Å². The summed E-state index contributed by atoms with van der Waals surface area (Å²) in [5.41, 5.74) is 1.01. The lowest BCUT2D eigenvalue weighted by Gasteiger charge is -2.11. The first-order valence-corrected chi connectivity index (χ1v) is 14.2. The van der Waals surface area contributed by atoms with Gasteiger partial charge in [0, 0.05) is 0 Å². The highest BCUT2D eigenvalue weighted by Gasteiger charge is 2.17. The predicted octanol–water partition coefficient (Wildman–Crippen LogP) is 8.73. The summed E-state index contributed by atoms with van der Waals surface area (Å²) in [7, 11) is -1.93. The van der Waals surface area contributed by atoms with Crippen LogP contribution in [0.15, 0.2) is 131 Å². The van der Waals surface area contributed by atoms with Gasteiger partial charge >= 0.3 is 0 Å². The van der Waals surface area contributed by atoms with E-state index in [-0.39, 0.29) is 9.79 Å². The zero-order valence-corrected chi connectivity index (χ0v) is 22.8. The van der Waals surface area contributed by atoms with Gasteiger partial charge < -0.3 is 14.2 Å². The highest BCUT2D eigenvalue weighted by Crippen LogP contribution is 2.32. The fraction of sp³-hybridized carbons (Fsp3) is 0.0588. The van der Waals surface area contributed by atoms with Crippen LogP contribution in [0.3, 0.4) is 0 Å². The lowest BCUT2D eigenvalue weighted by molar-refractivity contribution is 0.415. The fourth-order valence-electron chi connectivity index (χ4n) is 4.53. The molecule has 6 aromatic rings. The third kappa shape index (κ3) is 5.22. The second-order valence-electron chi connectivity index (χ2n) is 9.54. The number of benzene rings is 6. The third-order valence-electron chi connectivity index (χ3n) is 6.74. The molecule has 0 saturated heterocycles. The van der Waals surface area contributed by atoms with E-state index in [1.165, 1.54) is 0 Å². The fourth-order valence-corrected chi connectivity index (χ4v) is 5.79. The van der Waals surface area contributed by atoms with Crippen LogP contribution in [0.4, 0.5) is 0 Å². The normalized spacial score (nSPS) is 11.4. The molecule has 0 fully saturated rings. The van der Waals surface area contributed by atoms with Gasteiger partial charge in [-0.05, 0) is 113 Å². The molecule has 0 aromatic heterocycles. The topological polar surface area (TPSA) is 61.8 Å². The molecule has 6 rings (SSSR count). The Morgan fingerprint density at radius 1 is 0.450 bits per heavy atom. The number of ether oxygens (including phenoxy) is 3. The first-order valence-electron chi connectivity index (χ1n) is 12.8. The molecule has 6 aromatic carbocycles. The van der Waals surface area contributed by atoms with Crippen molar-refractivity contribution in [2.75, 3.05) is 7.11 Å². The van der Waals surface area contributed by atoms with Gasteiger partial charge in [-0.2, -0.15) is 0 Å². The molecule has 0 radical (unpaired) electrons. The standard InChI is InChI=1S/C34H26O5S/c1-23-3-15-33(16-4-23)40(35,36)34-17-13-28(14-18-34)38-30-10-7-27-22-32(12-8-26(27)20-30)39-31-11-6-24-19-29(37-2)9-5-25(24)21-31/h3-22H,1-2H3. The van der Waals surface area contributed by atoms with Gasteiger partial charge in [0.05, 0.1) is 16.9 Å². The molecule has 0 unspecified atom stereocenters. The van der Waals surface area contributed by atoms with E-state index in [9.17, 15) is 8.42 Å². The summed E-state index contributed by atoms with van der Waals surface area (Å²) in [4.78, 5) is 0.492. The molecule has 0 N–H and O–H groups in total. The molecule has 0 heterocycles. The zero-order valence-electron chi connectivity index (χ0n) is 22.0. The van der Waals surface area contributed by atoms with Crippen molar-refractivity contribution in [1.29, 1.82) is 0 Å². The Bertz CT molecular complexity index is 1940. The molecular formula is C34H26O5S. The number of aryl methyl sites for hydroxylation is 1. The molecule has 0 aliphatic carbocycles. The average molecular weight is 547 g/mol. The van der Waals surface area contributed by atoms with Crippen LogP contribution in [0, 0.1) is 6.92 Å². The summed E-state index contributed by atoms with van der Waals surface area (Å²) >= 11 is 0. The highest BCUT2D eigenvalue weighted by atomic mass is 32.2. The van der Waals surface area contributed by atoms with E-state index in [1.54, 1.807) is 55.6 Å². The van der Waals surface area contributed by atoms with Crippen LogP contribution in [0.5, 0.6) is 28.7 Å². The molecule has 6 heteroatoms. The van der Waals surface area contributed by atoms with Crippen LogP contribution in [-0.4, -0.2) is 15.5 Å². The number of rotatable bonds is 7. The maximum atomic E-state index is 12.9. The molecule has 0 aliphatic rings. The number of hydrogen-bond donors (Lipinski definition) is 0. The van der Waals surface area contributed by atoms with Crippen molar-refractivity contribution in [2.24, 2.45) is 0 Å². The molecule has 0 saturated carbocycles. The Balaban J connectivity index is 1.17. The summed E-state index contributed by atoms with van der Waals surface area (Å²) in [5.74, 6) is 3.52. The summed E-state index contributed by atoms with van der Waals surface area (Å²) in [6.07, 6.45) is 0. The molecule has 0 aliphatic heterocycles. The van der Waals surface area contributed by atoms with Crippen LogP contribution in [0.25, 0.3) is 21.5 Å². The number of hydrogen-bond acceptors (Lipinski definition) is 5. The molecule has 0 spiro atoms. The van der Waals surface area contributed by atoms with Crippen molar-refractivity contribution in [1.82, 2.24) is 0 Å². The van der Waals surface area contributed by atoms with Crippen molar-refractivity contribution < 1.29 is 22.6 Å². The van der Waals surface area contributed by atoms with Crippen LogP contribution in [0.1, 0.15) is 5.56 Å². The Morgan fingerprint density at radius 2 is 0.800 bits per heavy atom. The quantitative estimate of drug-likeness (QED) is 0.200. The summed E-state index contributed by atoms with van der Waals surface area (Å²) in [6, 6.07) is 36.9. The third-order valence-corrected chi connectivity index (χ3v) is 8.52. The monoisotopic (exact) mass is 546 g/mol. The maximum absolute atomic E-state index is 12.9. The maximum Gasteiger partial charge on any atom is 0.206 e. The van der Waals surface area contributed by atoms with E-state index in [0.717, 1.165) is 44.4 Å². The molecule has 0 atom stereocenters. The highest BCUT2D eigenvalue weighted by molar-refractivity contribution is 7.91. The van der Waals surface area contributed by atoms with Crippen LogP contribution >= 0.6 is 0 Å². The summed E-state index contributed by atoms with van der Waals surface area (Å²) < 4.78 is 43.3. The van der Waals surface area contributed by atoms with E-state index in [4.69, 9.17) is 14.2 Å². The largest absolute Gasteiger partial charge is 0.497 e. The molecule has 40 heavy (non-hydrogen) atoms. The van der Waals surface area contributed by atoms with E-state index < -0.39 is 9.84 Å². The molecule has 5 nitrogen and oxygen atoms in total. The Morgan fingerprint density at radius 3 is 1.25 bits per heavy atom. The van der Waals surface area contributed by atoms with Crippen molar-refractivity contribution in [2.45, 2.75) is 16.7 Å². The SMILES string of the molecule is COc1ccc2cc(Oc3ccc4cc(Oc5ccc(S(=O)(=O)c6ccc(C)cc6)cc5)ccc4c3)ccc2c1. The molecule has 0 amide bonds. The number of sulfone groups is 1. The Hall–Kier alpha value is -4.81. The van der Waals surface area contributed by atoms with Crippen molar-refractivity contribution in [3.05, 3.63) is 127 Å². The van der Waals surface area contributed by atoms with E-state index in [2.05, 4.69) is 0 Å². The minimum Gasteiger partial charge on any atom is -0.497 e. The second-order valence-corrected chi connectivity index (χ2v) is 11.5. The second kappa shape index (κ2) is 10.4. The van der Waals surface area contributed by atoms with Crippen LogP contribution in [-0.2, 0) is 9.84 Å². The van der Waals surface area contributed by atoms with E-state index in [0.29, 0.717) is 11.5 Å². The van der Waals surface area contributed by atoms with Crippen LogP contribution < -0.4 is 14.2 Å². The van der Waals surface area contributed by atoms with Gasteiger partial charge in [-0.3, -0.25) is 0 Å².